The monoisotopic (exact) mass is 201 g/mol. The third kappa shape index (κ3) is 2.67. The first-order valence-corrected chi connectivity index (χ1v) is 5.48. The van der Waals surface area contributed by atoms with Gasteiger partial charge in [-0.2, -0.15) is 0 Å². The molecule has 0 radical (unpaired) electrons. The number of hydrogen-bond acceptors (Lipinski definition) is 3. The molecule has 1 saturated carbocycles. The minimum absolute atomic E-state index is 0.0914. The largest absolute Gasteiger partial charge is 0.386 e. The van der Waals surface area contributed by atoms with Crippen LogP contribution in [0.3, 0.4) is 0 Å². The van der Waals surface area contributed by atoms with E-state index in [9.17, 15) is 15.2 Å². The Morgan fingerprint density at radius 3 is 2.43 bits per heavy atom. The average Bonchev–Trinajstić information content (AvgIpc) is 2.19. The first-order chi connectivity index (χ1) is 6.66. The third-order valence-electron chi connectivity index (χ3n) is 3.19. The molecule has 14 heavy (non-hydrogen) atoms. The Hall–Kier alpha value is -0.640. The Morgan fingerprint density at radius 2 is 2.00 bits per heavy atom. The fourth-order valence-electron chi connectivity index (χ4n) is 2.34. The van der Waals surface area contributed by atoms with Gasteiger partial charge in [-0.15, -0.1) is 0 Å². The SMILES string of the molecule is CC[C@@H](O)[C@@H](C1CCCCC1)[N+](=O)[O-]. The van der Waals surface area contributed by atoms with Gasteiger partial charge in [0.1, 0.15) is 6.10 Å². The molecule has 1 N–H and O–H groups in total. The number of rotatable bonds is 4. The van der Waals surface area contributed by atoms with Crippen LogP contribution in [-0.4, -0.2) is 22.2 Å². The van der Waals surface area contributed by atoms with Crippen molar-refractivity contribution in [2.75, 3.05) is 0 Å². The predicted molar refractivity (Wildman–Crippen MR) is 53.7 cm³/mol. The van der Waals surface area contributed by atoms with E-state index >= 15 is 0 Å². The highest BCUT2D eigenvalue weighted by molar-refractivity contribution is 4.78. The molecule has 1 fully saturated rings. The van der Waals surface area contributed by atoms with Crippen molar-refractivity contribution in [1.82, 2.24) is 0 Å². The van der Waals surface area contributed by atoms with Crippen molar-refractivity contribution in [3.8, 4) is 0 Å². The zero-order chi connectivity index (χ0) is 10.6. The van der Waals surface area contributed by atoms with Crippen LogP contribution in [-0.2, 0) is 0 Å². The second-order valence-electron chi connectivity index (χ2n) is 4.15. The molecule has 0 unspecified atom stereocenters. The number of aliphatic hydroxyl groups is 1. The first-order valence-electron chi connectivity index (χ1n) is 5.48. The van der Waals surface area contributed by atoms with Crippen molar-refractivity contribution in [3.05, 3.63) is 10.1 Å². The molecule has 1 aliphatic rings. The van der Waals surface area contributed by atoms with Crippen molar-refractivity contribution < 1.29 is 10.0 Å². The smallest absolute Gasteiger partial charge is 0.241 e. The molecule has 0 aliphatic heterocycles. The molecule has 1 rings (SSSR count). The zero-order valence-corrected chi connectivity index (χ0v) is 8.69. The molecule has 0 aromatic rings. The molecule has 0 bridgehead atoms. The number of hydrogen-bond donors (Lipinski definition) is 1. The summed E-state index contributed by atoms with van der Waals surface area (Å²) in [5, 5.41) is 20.4. The summed E-state index contributed by atoms with van der Waals surface area (Å²) in [4.78, 5) is 10.6. The van der Waals surface area contributed by atoms with Gasteiger partial charge in [-0.05, 0) is 19.3 Å². The van der Waals surface area contributed by atoms with Crippen LogP contribution in [0.4, 0.5) is 0 Å². The fraction of sp³-hybridized carbons (Fsp3) is 1.00. The van der Waals surface area contributed by atoms with E-state index < -0.39 is 12.1 Å². The predicted octanol–water partition coefficient (Wildman–Crippen LogP) is 1.98. The van der Waals surface area contributed by atoms with Gasteiger partial charge in [0.05, 0.1) is 0 Å². The molecule has 0 spiro atoms. The molecule has 4 heteroatoms. The summed E-state index contributed by atoms with van der Waals surface area (Å²) in [6.07, 6.45) is 4.85. The van der Waals surface area contributed by atoms with Crippen molar-refractivity contribution in [3.63, 3.8) is 0 Å². The zero-order valence-electron chi connectivity index (χ0n) is 8.69. The summed E-state index contributed by atoms with van der Waals surface area (Å²) in [5.74, 6) is 0.0914. The van der Waals surface area contributed by atoms with Crippen LogP contribution >= 0.6 is 0 Å². The minimum atomic E-state index is -0.770. The van der Waals surface area contributed by atoms with Gasteiger partial charge >= 0.3 is 0 Å². The standard InChI is InChI=1S/C10H19NO3/c1-2-9(12)10(11(13)14)8-6-4-3-5-7-8/h8-10,12H,2-7H2,1H3/t9-,10-/m1/s1. The topological polar surface area (TPSA) is 63.4 Å². The van der Waals surface area contributed by atoms with Crippen molar-refractivity contribution >= 4 is 0 Å². The Bertz CT molecular complexity index is 190. The van der Waals surface area contributed by atoms with E-state index in [1.165, 1.54) is 6.42 Å². The lowest BCUT2D eigenvalue weighted by molar-refractivity contribution is -0.545. The normalized spacial score (nSPS) is 23.0. The van der Waals surface area contributed by atoms with E-state index in [1.807, 2.05) is 0 Å². The Morgan fingerprint density at radius 1 is 1.43 bits per heavy atom. The van der Waals surface area contributed by atoms with Crippen LogP contribution in [0.5, 0.6) is 0 Å². The van der Waals surface area contributed by atoms with Crippen molar-refractivity contribution in [2.45, 2.75) is 57.6 Å². The number of aliphatic hydroxyl groups excluding tert-OH is 1. The average molecular weight is 201 g/mol. The van der Waals surface area contributed by atoms with Gasteiger partial charge in [-0.3, -0.25) is 10.1 Å². The lowest BCUT2D eigenvalue weighted by Crippen LogP contribution is -2.40. The lowest BCUT2D eigenvalue weighted by atomic mass is 9.81. The second-order valence-corrected chi connectivity index (χ2v) is 4.15. The van der Waals surface area contributed by atoms with E-state index in [4.69, 9.17) is 0 Å². The molecule has 4 nitrogen and oxygen atoms in total. The van der Waals surface area contributed by atoms with Gasteiger partial charge in [0.2, 0.25) is 6.04 Å². The van der Waals surface area contributed by atoms with Gasteiger partial charge < -0.3 is 5.11 Å². The van der Waals surface area contributed by atoms with Crippen molar-refractivity contribution in [2.24, 2.45) is 5.92 Å². The third-order valence-corrected chi connectivity index (χ3v) is 3.19. The van der Waals surface area contributed by atoms with Gasteiger partial charge in [0.25, 0.3) is 0 Å². The highest BCUT2D eigenvalue weighted by atomic mass is 16.6. The summed E-state index contributed by atoms with van der Waals surface area (Å²) in [5.41, 5.74) is 0. The van der Waals surface area contributed by atoms with Crippen LogP contribution in [0.2, 0.25) is 0 Å². The maximum absolute atomic E-state index is 10.8. The molecular formula is C10H19NO3. The molecule has 2 atom stereocenters. The van der Waals surface area contributed by atoms with Gasteiger partial charge in [-0.25, -0.2) is 0 Å². The van der Waals surface area contributed by atoms with E-state index in [0.29, 0.717) is 6.42 Å². The molecule has 0 amide bonds. The Balaban J connectivity index is 2.60. The van der Waals surface area contributed by atoms with Crippen LogP contribution < -0.4 is 0 Å². The highest BCUT2D eigenvalue weighted by Gasteiger charge is 2.37. The van der Waals surface area contributed by atoms with Crippen LogP contribution in [0, 0.1) is 16.0 Å². The molecule has 0 aromatic carbocycles. The Labute approximate surface area is 84.5 Å². The number of nitro groups is 1. The fourth-order valence-corrected chi connectivity index (χ4v) is 2.34. The van der Waals surface area contributed by atoms with E-state index in [-0.39, 0.29) is 10.8 Å². The summed E-state index contributed by atoms with van der Waals surface area (Å²) in [6, 6.07) is -0.736. The molecule has 0 aromatic heterocycles. The van der Waals surface area contributed by atoms with Crippen LogP contribution in [0.15, 0.2) is 0 Å². The van der Waals surface area contributed by atoms with Crippen LogP contribution in [0.25, 0.3) is 0 Å². The minimum Gasteiger partial charge on any atom is -0.386 e. The molecule has 0 saturated heterocycles. The summed E-state index contributed by atoms with van der Waals surface area (Å²) in [6.45, 7) is 1.80. The maximum atomic E-state index is 10.8. The van der Waals surface area contributed by atoms with Gasteiger partial charge in [0.15, 0.2) is 0 Å². The molecule has 0 heterocycles. The summed E-state index contributed by atoms with van der Waals surface area (Å²) in [7, 11) is 0. The molecule has 1 aliphatic carbocycles. The first kappa shape index (κ1) is 11.4. The van der Waals surface area contributed by atoms with E-state index in [0.717, 1.165) is 25.7 Å². The lowest BCUT2D eigenvalue weighted by Gasteiger charge is -2.26. The molecule has 82 valence electrons. The number of nitrogens with zero attached hydrogens (tertiary/aromatic N) is 1. The maximum Gasteiger partial charge on any atom is 0.241 e. The Kier molecular flexibility index (Phi) is 4.32. The van der Waals surface area contributed by atoms with Crippen molar-refractivity contribution in [1.29, 1.82) is 0 Å². The summed E-state index contributed by atoms with van der Waals surface area (Å²) >= 11 is 0. The van der Waals surface area contributed by atoms with E-state index in [1.54, 1.807) is 6.92 Å². The second kappa shape index (κ2) is 5.29. The van der Waals surface area contributed by atoms with Gasteiger partial charge in [-0.1, -0.05) is 26.2 Å². The quantitative estimate of drug-likeness (QED) is 0.558. The van der Waals surface area contributed by atoms with E-state index in [2.05, 4.69) is 0 Å². The van der Waals surface area contributed by atoms with Crippen LogP contribution in [0.1, 0.15) is 45.4 Å². The molecular weight excluding hydrogens is 182 g/mol. The highest BCUT2D eigenvalue weighted by Crippen LogP contribution is 2.29. The van der Waals surface area contributed by atoms with Gasteiger partial charge in [0, 0.05) is 10.8 Å². The summed E-state index contributed by atoms with van der Waals surface area (Å²) < 4.78 is 0.